The smallest absolute Gasteiger partial charge is 0.0562 e. The fraction of sp³-hybridized carbons (Fsp3) is 0.722. The van der Waals surface area contributed by atoms with E-state index in [2.05, 4.69) is 55.0 Å². The monoisotopic (exact) mass is 289 g/mol. The molecule has 21 heavy (non-hydrogen) atoms. The van der Waals surface area contributed by atoms with E-state index in [1.54, 1.807) is 0 Å². The zero-order valence-corrected chi connectivity index (χ0v) is 14.2. The summed E-state index contributed by atoms with van der Waals surface area (Å²) in [6.07, 6.45) is 8.59. The van der Waals surface area contributed by atoms with E-state index >= 15 is 0 Å². The van der Waals surface area contributed by atoms with Gasteiger partial charge in [0.15, 0.2) is 0 Å². The molecule has 118 valence electrons. The van der Waals surface area contributed by atoms with Gasteiger partial charge >= 0.3 is 0 Å². The Morgan fingerprint density at radius 2 is 2.10 bits per heavy atom. The van der Waals surface area contributed by atoms with E-state index in [0.29, 0.717) is 6.04 Å². The molecule has 1 aliphatic heterocycles. The molecule has 0 aliphatic carbocycles. The molecule has 0 amide bonds. The summed E-state index contributed by atoms with van der Waals surface area (Å²) in [7, 11) is 0. The third-order valence-corrected chi connectivity index (χ3v) is 4.28. The Morgan fingerprint density at radius 3 is 2.81 bits per heavy atom. The standard InChI is InChI=1S/C18H31N3/c1-5-16-9-7-6-8-12-21(16)17-10-11-19-15(13-17)14-20-18(2,3)4/h10-11,13,16,20H,5-9,12,14H2,1-4H3. The van der Waals surface area contributed by atoms with Crippen molar-refractivity contribution in [2.75, 3.05) is 11.4 Å². The molecular formula is C18H31N3. The Balaban J connectivity index is 2.11. The molecule has 0 aromatic carbocycles. The average Bonchev–Trinajstić information content (AvgIpc) is 2.70. The van der Waals surface area contributed by atoms with E-state index in [9.17, 15) is 0 Å². The van der Waals surface area contributed by atoms with Crippen LogP contribution in [0.1, 0.15) is 65.5 Å². The van der Waals surface area contributed by atoms with Gasteiger partial charge in [0, 0.05) is 36.6 Å². The first-order chi connectivity index (χ1) is 9.99. The van der Waals surface area contributed by atoms with Crippen molar-refractivity contribution in [3.05, 3.63) is 24.0 Å². The molecule has 0 bridgehead atoms. The summed E-state index contributed by atoms with van der Waals surface area (Å²) < 4.78 is 0. The summed E-state index contributed by atoms with van der Waals surface area (Å²) >= 11 is 0. The van der Waals surface area contributed by atoms with Gasteiger partial charge in [-0.05, 0) is 52.2 Å². The maximum atomic E-state index is 4.52. The SMILES string of the molecule is CCC1CCCCCN1c1ccnc(CNC(C)(C)C)c1. The average molecular weight is 289 g/mol. The second-order valence-corrected chi connectivity index (χ2v) is 7.21. The summed E-state index contributed by atoms with van der Waals surface area (Å²) in [5, 5.41) is 3.52. The third-order valence-electron chi connectivity index (χ3n) is 4.28. The van der Waals surface area contributed by atoms with Crippen LogP contribution in [0.5, 0.6) is 0 Å². The minimum atomic E-state index is 0.131. The normalized spacial score (nSPS) is 20.4. The second kappa shape index (κ2) is 7.26. The van der Waals surface area contributed by atoms with Crippen molar-refractivity contribution in [2.45, 2.75) is 77.9 Å². The predicted octanol–water partition coefficient (Wildman–Crippen LogP) is 4.13. The lowest BCUT2D eigenvalue weighted by Gasteiger charge is -2.31. The van der Waals surface area contributed by atoms with Gasteiger partial charge in [-0.25, -0.2) is 0 Å². The Morgan fingerprint density at radius 1 is 1.29 bits per heavy atom. The Hall–Kier alpha value is -1.09. The number of aromatic nitrogens is 1. The van der Waals surface area contributed by atoms with Crippen LogP contribution in [0.2, 0.25) is 0 Å². The van der Waals surface area contributed by atoms with Crippen LogP contribution in [-0.4, -0.2) is 23.1 Å². The third kappa shape index (κ3) is 4.99. The molecule has 2 rings (SSSR count). The van der Waals surface area contributed by atoms with Crippen molar-refractivity contribution >= 4 is 5.69 Å². The van der Waals surface area contributed by atoms with Crippen molar-refractivity contribution in [3.8, 4) is 0 Å². The minimum Gasteiger partial charge on any atom is -0.368 e. The largest absolute Gasteiger partial charge is 0.368 e. The fourth-order valence-corrected chi connectivity index (χ4v) is 3.04. The molecule has 2 heterocycles. The molecule has 0 spiro atoms. The zero-order valence-electron chi connectivity index (χ0n) is 14.2. The highest BCUT2D eigenvalue weighted by molar-refractivity contribution is 5.47. The topological polar surface area (TPSA) is 28.2 Å². The number of hydrogen-bond donors (Lipinski definition) is 1. The van der Waals surface area contributed by atoms with Crippen molar-refractivity contribution in [1.82, 2.24) is 10.3 Å². The Kier molecular flexibility index (Phi) is 5.63. The number of hydrogen-bond acceptors (Lipinski definition) is 3. The summed E-state index contributed by atoms with van der Waals surface area (Å²) in [5.41, 5.74) is 2.62. The van der Waals surface area contributed by atoms with E-state index in [1.165, 1.54) is 44.3 Å². The van der Waals surface area contributed by atoms with Gasteiger partial charge in [-0.15, -0.1) is 0 Å². The molecule has 1 unspecified atom stereocenters. The molecule has 3 nitrogen and oxygen atoms in total. The van der Waals surface area contributed by atoms with Crippen LogP contribution in [-0.2, 0) is 6.54 Å². The number of pyridine rings is 1. The van der Waals surface area contributed by atoms with Crippen LogP contribution in [0.3, 0.4) is 0 Å². The van der Waals surface area contributed by atoms with Crippen molar-refractivity contribution < 1.29 is 0 Å². The van der Waals surface area contributed by atoms with Crippen LogP contribution in [0, 0.1) is 0 Å². The summed E-state index contributed by atoms with van der Waals surface area (Å²) in [6.45, 7) is 10.9. The van der Waals surface area contributed by atoms with Crippen LogP contribution in [0.15, 0.2) is 18.3 Å². The first-order valence-electron chi connectivity index (χ1n) is 8.46. The van der Waals surface area contributed by atoms with Gasteiger partial charge in [-0.1, -0.05) is 19.8 Å². The molecular weight excluding hydrogens is 258 g/mol. The van der Waals surface area contributed by atoms with Gasteiger partial charge in [0.1, 0.15) is 0 Å². The summed E-state index contributed by atoms with van der Waals surface area (Å²) in [5.74, 6) is 0. The van der Waals surface area contributed by atoms with Crippen molar-refractivity contribution in [2.24, 2.45) is 0 Å². The van der Waals surface area contributed by atoms with Gasteiger partial charge in [-0.2, -0.15) is 0 Å². The Labute approximate surface area is 130 Å². The highest BCUT2D eigenvalue weighted by atomic mass is 15.2. The van der Waals surface area contributed by atoms with Gasteiger partial charge in [0.05, 0.1) is 5.69 Å². The van der Waals surface area contributed by atoms with Gasteiger partial charge in [-0.3, -0.25) is 4.98 Å². The molecule has 1 N–H and O–H groups in total. The Bertz CT molecular complexity index is 436. The second-order valence-electron chi connectivity index (χ2n) is 7.21. The predicted molar refractivity (Wildman–Crippen MR) is 90.7 cm³/mol. The van der Waals surface area contributed by atoms with Crippen molar-refractivity contribution in [1.29, 1.82) is 0 Å². The lowest BCUT2D eigenvalue weighted by molar-refractivity contribution is 0.421. The van der Waals surface area contributed by atoms with Crippen LogP contribution in [0.25, 0.3) is 0 Å². The van der Waals surface area contributed by atoms with Gasteiger partial charge in [0.2, 0.25) is 0 Å². The zero-order chi connectivity index (χ0) is 15.3. The first kappa shape index (κ1) is 16.3. The molecule has 1 aromatic rings. The molecule has 1 atom stereocenters. The first-order valence-corrected chi connectivity index (χ1v) is 8.46. The van der Waals surface area contributed by atoms with E-state index in [0.717, 1.165) is 12.2 Å². The van der Waals surface area contributed by atoms with E-state index in [4.69, 9.17) is 0 Å². The van der Waals surface area contributed by atoms with Crippen LogP contribution in [0.4, 0.5) is 5.69 Å². The number of rotatable bonds is 4. The highest BCUT2D eigenvalue weighted by Crippen LogP contribution is 2.26. The molecule has 0 saturated carbocycles. The fourth-order valence-electron chi connectivity index (χ4n) is 3.04. The number of anilines is 1. The number of nitrogens with zero attached hydrogens (tertiary/aromatic N) is 2. The van der Waals surface area contributed by atoms with Crippen LogP contribution < -0.4 is 10.2 Å². The molecule has 1 saturated heterocycles. The van der Waals surface area contributed by atoms with E-state index in [1.807, 2.05) is 6.20 Å². The quantitative estimate of drug-likeness (QED) is 0.903. The van der Waals surface area contributed by atoms with Crippen LogP contribution >= 0.6 is 0 Å². The van der Waals surface area contributed by atoms with Gasteiger partial charge < -0.3 is 10.2 Å². The lowest BCUT2D eigenvalue weighted by atomic mass is 10.1. The van der Waals surface area contributed by atoms with E-state index < -0.39 is 0 Å². The molecule has 0 radical (unpaired) electrons. The van der Waals surface area contributed by atoms with Crippen molar-refractivity contribution in [3.63, 3.8) is 0 Å². The summed E-state index contributed by atoms with van der Waals surface area (Å²) in [4.78, 5) is 7.13. The highest BCUT2D eigenvalue weighted by Gasteiger charge is 2.20. The van der Waals surface area contributed by atoms with E-state index in [-0.39, 0.29) is 5.54 Å². The molecule has 1 aliphatic rings. The molecule has 1 fully saturated rings. The molecule has 3 heteroatoms. The maximum Gasteiger partial charge on any atom is 0.0562 e. The number of nitrogens with one attached hydrogen (secondary N) is 1. The summed E-state index contributed by atoms with van der Waals surface area (Å²) in [6, 6.07) is 5.14. The lowest BCUT2D eigenvalue weighted by Crippen LogP contribution is -2.36. The molecule has 1 aromatic heterocycles. The van der Waals surface area contributed by atoms with Gasteiger partial charge in [0.25, 0.3) is 0 Å². The maximum absolute atomic E-state index is 4.52. The minimum absolute atomic E-state index is 0.131.